The standard InChI is InChI=1S/C22H28N2O3/c1-14(2)17-11-8-12-18(15(3)4)20(17)24-21(25)19(23-22(26)27)13-16-9-6-5-7-10-16/h5-12,14-15,19,23H,13H2,1-4H3,(H,24,25)(H,26,27). The molecule has 5 nitrogen and oxygen atoms in total. The quantitative estimate of drug-likeness (QED) is 0.660. The molecule has 0 heterocycles. The molecule has 0 aliphatic rings. The number of amides is 2. The van der Waals surface area contributed by atoms with Crippen molar-refractivity contribution in [2.75, 3.05) is 5.32 Å². The molecule has 1 unspecified atom stereocenters. The van der Waals surface area contributed by atoms with Gasteiger partial charge in [0.05, 0.1) is 0 Å². The van der Waals surface area contributed by atoms with Crippen molar-refractivity contribution >= 4 is 17.7 Å². The minimum Gasteiger partial charge on any atom is -0.465 e. The van der Waals surface area contributed by atoms with E-state index in [1.165, 1.54) is 0 Å². The first-order valence-corrected chi connectivity index (χ1v) is 9.26. The SMILES string of the molecule is CC(C)c1cccc(C(C)C)c1NC(=O)C(Cc1ccccc1)NC(=O)O. The van der Waals surface area contributed by atoms with Gasteiger partial charge in [-0.15, -0.1) is 0 Å². The van der Waals surface area contributed by atoms with Crippen molar-refractivity contribution in [1.29, 1.82) is 0 Å². The number of benzene rings is 2. The molecule has 3 N–H and O–H groups in total. The largest absolute Gasteiger partial charge is 0.465 e. The molecule has 2 aromatic carbocycles. The van der Waals surface area contributed by atoms with Crippen molar-refractivity contribution in [2.24, 2.45) is 0 Å². The zero-order chi connectivity index (χ0) is 20.0. The van der Waals surface area contributed by atoms with E-state index in [1.54, 1.807) is 0 Å². The summed E-state index contributed by atoms with van der Waals surface area (Å²) in [6, 6.07) is 14.5. The van der Waals surface area contributed by atoms with Crippen molar-refractivity contribution in [3.63, 3.8) is 0 Å². The lowest BCUT2D eigenvalue weighted by atomic mass is 9.92. The summed E-state index contributed by atoms with van der Waals surface area (Å²) >= 11 is 0. The summed E-state index contributed by atoms with van der Waals surface area (Å²) in [6.45, 7) is 8.30. The van der Waals surface area contributed by atoms with Gasteiger partial charge in [-0.25, -0.2) is 4.79 Å². The Morgan fingerprint density at radius 2 is 1.44 bits per heavy atom. The van der Waals surface area contributed by atoms with Crippen molar-refractivity contribution in [3.8, 4) is 0 Å². The molecule has 0 spiro atoms. The van der Waals surface area contributed by atoms with E-state index in [-0.39, 0.29) is 17.7 Å². The van der Waals surface area contributed by atoms with Gasteiger partial charge in [0.2, 0.25) is 5.91 Å². The van der Waals surface area contributed by atoms with Gasteiger partial charge in [-0.3, -0.25) is 4.79 Å². The molecule has 2 amide bonds. The predicted octanol–water partition coefficient (Wildman–Crippen LogP) is 4.75. The highest BCUT2D eigenvalue weighted by molar-refractivity contribution is 5.98. The lowest BCUT2D eigenvalue weighted by molar-refractivity contribution is -0.118. The number of hydrogen-bond acceptors (Lipinski definition) is 2. The Balaban J connectivity index is 2.32. The maximum atomic E-state index is 13.0. The van der Waals surface area contributed by atoms with E-state index in [0.717, 1.165) is 22.4 Å². The van der Waals surface area contributed by atoms with Crippen LogP contribution in [-0.4, -0.2) is 23.1 Å². The molecular weight excluding hydrogens is 340 g/mol. The number of hydrogen-bond donors (Lipinski definition) is 3. The molecule has 0 aliphatic heterocycles. The van der Waals surface area contributed by atoms with Gasteiger partial charge in [0.1, 0.15) is 6.04 Å². The fourth-order valence-electron chi connectivity index (χ4n) is 3.11. The number of anilines is 1. The fourth-order valence-corrected chi connectivity index (χ4v) is 3.11. The summed E-state index contributed by atoms with van der Waals surface area (Å²) in [6.07, 6.45) is -0.924. The van der Waals surface area contributed by atoms with E-state index < -0.39 is 12.1 Å². The smallest absolute Gasteiger partial charge is 0.405 e. The van der Waals surface area contributed by atoms with Crippen LogP contribution in [0.2, 0.25) is 0 Å². The highest BCUT2D eigenvalue weighted by Gasteiger charge is 2.24. The molecule has 0 aromatic heterocycles. The van der Waals surface area contributed by atoms with Crippen LogP contribution in [0, 0.1) is 0 Å². The third kappa shape index (κ3) is 5.58. The van der Waals surface area contributed by atoms with Gasteiger partial charge >= 0.3 is 6.09 Å². The predicted molar refractivity (Wildman–Crippen MR) is 108 cm³/mol. The number of carbonyl (C=O) groups is 2. The molecular formula is C22H28N2O3. The van der Waals surface area contributed by atoms with E-state index >= 15 is 0 Å². The van der Waals surface area contributed by atoms with Crippen LogP contribution in [0.15, 0.2) is 48.5 Å². The molecule has 2 aromatic rings. The monoisotopic (exact) mass is 368 g/mol. The van der Waals surface area contributed by atoms with Crippen LogP contribution in [-0.2, 0) is 11.2 Å². The molecule has 5 heteroatoms. The zero-order valence-electron chi connectivity index (χ0n) is 16.3. The third-order valence-electron chi connectivity index (χ3n) is 4.52. The Kier molecular flexibility index (Phi) is 6.99. The first-order chi connectivity index (χ1) is 12.8. The van der Waals surface area contributed by atoms with E-state index in [0.29, 0.717) is 6.42 Å². The van der Waals surface area contributed by atoms with Crippen molar-refractivity contribution in [2.45, 2.75) is 52.0 Å². The normalized spacial score (nSPS) is 12.1. The van der Waals surface area contributed by atoms with Crippen LogP contribution in [0.3, 0.4) is 0 Å². The molecule has 1 atom stereocenters. The van der Waals surface area contributed by atoms with Crippen LogP contribution in [0.4, 0.5) is 10.5 Å². The minimum absolute atomic E-state index is 0.235. The number of rotatable bonds is 7. The fraction of sp³-hybridized carbons (Fsp3) is 0.364. The Hall–Kier alpha value is -2.82. The second-order valence-corrected chi connectivity index (χ2v) is 7.30. The molecule has 2 rings (SSSR count). The van der Waals surface area contributed by atoms with Gasteiger partial charge in [0, 0.05) is 12.1 Å². The second kappa shape index (κ2) is 9.21. The van der Waals surface area contributed by atoms with E-state index in [2.05, 4.69) is 38.3 Å². The van der Waals surface area contributed by atoms with Crippen molar-refractivity contribution < 1.29 is 14.7 Å². The van der Waals surface area contributed by atoms with Gasteiger partial charge in [0.25, 0.3) is 0 Å². The second-order valence-electron chi connectivity index (χ2n) is 7.30. The van der Waals surface area contributed by atoms with Gasteiger partial charge < -0.3 is 15.7 Å². The molecule has 0 fully saturated rings. The van der Waals surface area contributed by atoms with Gasteiger partial charge in [0.15, 0.2) is 0 Å². The van der Waals surface area contributed by atoms with Gasteiger partial charge in [-0.2, -0.15) is 0 Å². The molecule has 0 radical (unpaired) electrons. The average Bonchev–Trinajstić information content (AvgIpc) is 2.61. The van der Waals surface area contributed by atoms with Crippen LogP contribution in [0.25, 0.3) is 0 Å². The highest BCUT2D eigenvalue weighted by atomic mass is 16.4. The Labute approximate surface area is 160 Å². The summed E-state index contributed by atoms with van der Waals surface area (Å²) < 4.78 is 0. The van der Waals surface area contributed by atoms with Crippen molar-refractivity contribution in [1.82, 2.24) is 5.32 Å². The third-order valence-corrected chi connectivity index (χ3v) is 4.52. The summed E-state index contributed by atoms with van der Waals surface area (Å²) in [5, 5.41) is 14.5. The number of nitrogens with one attached hydrogen (secondary N) is 2. The summed E-state index contributed by atoms with van der Waals surface area (Å²) in [4.78, 5) is 24.2. The van der Waals surface area contributed by atoms with Crippen LogP contribution in [0.5, 0.6) is 0 Å². The maximum Gasteiger partial charge on any atom is 0.405 e. The number of carbonyl (C=O) groups excluding carboxylic acids is 1. The Morgan fingerprint density at radius 1 is 0.889 bits per heavy atom. The molecule has 0 aliphatic carbocycles. The molecule has 0 saturated heterocycles. The summed E-state index contributed by atoms with van der Waals surface area (Å²) in [5.74, 6) is 0.120. The van der Waals surface area contributed by atoms with Crippen LogP contribution < -0.4 is 10.6 Å². The van der Waals surface area contributed by atoms with E-state index in [4.69, 9.17) is 0 Å². The van der Waals surface area contributed by atoms with E-state index in [9.17, 15) is 14.7 Å². The molecule has 0 saturated carbocycles. The topological polar surface area (TPSA) is 78.4 Å². The lowest BCUT2D eigenvalue weighted by Crippen LogP contribution is -2.45. The minimum atomic E-state index is -1.22. The van der Waals surface area contributed by atoms with Crippen LogP contribution >= 0.6 is 0 Å². The zero-order valence-corrected chi connectivity index (χ0v) is 16.3. The first kappa shape index (κ1) is 20.5. The first-order valence-electron chi connectivity index (χ1n) is 9.26. The van der Waals surface area contributed by atoms with E-state index in [1.807, 2.05) is 48.5 Å². The molecule has 27 heavy (non-hydrogen) atoms. The number of para-hydroxylation sites is 1. The van der Waals surface area contributed by atoms with Gasteiger partial charge in [-0.05, 0) is 28.5 Å². The Morgan fingerprint density at radius 3 is 1.93 bits per heavy atom. The highest BCUT2D eigenvalue weighted by Crippen LogP contribution is 2.32. The molecule has 0 bridgehead atoms. The van der Waals surface area contributed by atoms with Crippen molar-refractivity contribution in [3.05, 3.63) is 65.2 Å². The summed E-state index contributed by atoms with van der Waals surface area (Å²) in [5.41, 5.74) is 3.78. The number of carboxylic acid groups (broad SMARTS) is 1. The lowest BCUT2D eigenvalue weighted by Gasteiger charge is -2.23. The Bertz CT molecular complexity index is 759. The summed E-state index contributed by atoms with van der Waals surface area (Å²) in [7, 11) is 0. The van der Waals surface area contributed by atoms with Gasteiger partial charge in [-0.1, -0.05) is 76.2 Å². The maximum absolute atomic E-state index is 13.0. The van der Waals surface area contributed by atoms with Crippen LogP contribution in [0.1, 0.15) is 56.2 Å². The average molecular weight is 368 g/mol. The molecule has 144 valence electrons.